The van der Waals surface area contributed by atoms with Crippen molar-refractivity contribution >= 4 is 35.0 Å². The summed E-state index contributed by atoms with van der Waals surface area (Å²) in [4.78, 5) is 14.4. The lowest BCUT2D eigenvalue weighted by Gasteiger charge is -2.29. The van der Waals surface area contributed by atoms with Crippen LogP contribution in [0.3, 0.4) is 0 Å². The van der Waals surface area contributed by atoms with Crippen molar-refractivity contribution < 1.29 is 19.0 Å². The van der Waals surface area contributed by atoms with Gasteiger partial charge in [-0.1, -0.05) is 17.7 Å². The predicted molar refractivity (Wildman–Crippen MR) is 112 cm³/mol. The highest BCUT2D eigenvalue weighted by molar-refractivity contribution is 6.33. The van der Waals surface area contributed by atoms with E-state index in [0.29, 0.717) is 35.4 Å². The van der Waals surface area contributed by atoms with E-state index in [1.807, 2.05) is 18.2 Å². The summed E-state index contributed by atoms with van der Waals surface area (Å²) in [5.74, 6) is 1.000. The number of morpholine rings is 1. The number of halogens is 1. The van der Waals surface area contributed by atoms with E-state index in [0.717, 1.165) is 24.3 Å². The molecule has 1 fully saturated rings. The Morgan fingerprint density at radius 3 is 2.54 bits per heavy atom. The molecule has 2 aromatic rings. The van der Waals surface area contributed by atoms with E-state index >= 15 is 0 Å². The molecule has 0 spiro atoms. The van der Waals surface area contributed by atoms with E-state index in [9.17, 15) is 4.79 Å². The van der Waals surface area contributed by atoms with Crippen LogP contribution in [-0.4, -0.2) is 46.4 Å². The largest absolute Gasteiger partial charge is 0.493 e. The number of carbonyl (C=O) groups is 1. The molecule has 0 aliphatic carbocycles. The van der Waals surface area contributed by atoms with Crippen molar-refractivity contribution in [2.45, 2.75) is 0 Å². The Morgan fingerprint density at radius 1 is 1.11 bits per heavy atom. The summed E-state index contributed by atoms with van der Waals surface area (Å²) >= 11 is 6.40. The number of rotatable bonds is 6. The Morgan fingerprint density at radius 2 is 1.86 bits per heavy atom. The first-order chi connectivity index (χ1) is 13.6. The number of hydrogen-bond donors (Lipinski definition) is 1. The van der Waals surface area contributed by atoms with Crippen molar-refractivity contribution in [2.75, 3.05) is 50.7 Å². The monoisotopic (exact) mass is 402 g/mol. The van der Waals surface area contributed by atoms with Gasteiger partial charge >= 0.3 is 0 Å². The van der Waals surface area contributed by atoms with E-state index in [4.69, 9.17) is 25.8 Å². The first-order valence-electron chi connectivity index (χ1n) is 8.94. The van der Waals surface area contributed by atoms with Gasteiger partial charge in [-0.25, -0.2) is 0 Å². The molecule has 1 aliphatic rings. The van der Waals surface area contributed by atoms with Crippen molar-refractivity contribution in [1.82, 2.24) is 0 Å². The summed E-state index contributed by atoms with van der Waals surface area (Å²) in [7, 11) is 3.15. The average molecular weight is 403 g/mol. The smallest absolute Gasteiger partial charge is 0.248 e. The van der Waals surface area contributed by atoms with Crippen LogP contribution >= 0.6 is 11.6 Å². The molecule has 0 radical (unpaired) electrons. The minimum Gasteiger partial charge on any atom is -0.493 e. The van der Waals surface area contributed by atoms with Gasteiger partial charge in [-0.15, -0.1) is 0 Å². The van der Waals surface area contributed by atoms with Crippen LogP contribution in [0.4, 0.5) is 11.4 Å². The Balaban J connectivity index is 1.64. The molecule has 0 saturated carbocycles. The molecule has 1 saturated heterocycles. The molecule has 148 valence electrons. The van der Waals surface area contributed by atoms with Gasteiger partial charge in [-0.3, -0.25) is 4.79 Å². The number of benzene rings is 2. The van der Waals surface area contributed by atoms with E-state index in [-0.39, 0.29) is 5.91 Å². The summed E-state index contributed by atoms with van der Waals surface area (Å²) in [6.07, 6.45) is 3.17. The maximum Gasteiger partial charge on any atom is 0.248 e. The van der Waals surface area contributed by atoms with Gasteiger partial charge < -0.3 is 24.4 Å². The van der Waals surface area contributed by atoms with Crippen LogP contribution in [0.25, 0.3) is 6.08 Å². The fraction of sp³-hybridized carbons (Fsp3) is 0.286. The van der Waals surface area contributed by atoms with Gasteiger partial charge in [0.15, 0.2) is 11.5 Å². The number of nitrogens with one attached hydrogen (secondary N) is 1. The van der Waals surface area contributed by atoms with E-state index in [1.54, 1.807) is 38.5 Å². The Bertz CT molecular complexity index is 863. The second-order valence-electron chi connectivity index (χ2n) is 6.20. The van der Waals surface area contributed by atoms with Crippen molar-refractivity contribution in [2.24, 2.45) is 0 Å². The zero-order valence-electron chi connectivity index (χ0n) is 15.9. The quantitative estimate of drug-likeness (QED) is 0.744. The molecule has 1 aliphatic heterocycles. The lowest BCUT2D eigenvalue weighted by atomic mass is 10.2. The van der Waals surface area contributed by atoms with Gasteiger partial charge in [0.05, 0.1) is 38.1 Å². The summed E-state index contributed by atoms with van der Waals surface area (Å²) in [6, 6.07) is 11.0. The lowest BCUT2D eigenvalue weighted by molar-refractivity contribution is -0.111. The van der Waals surface area contributed by atoms with Crippen LogP contribution in [0, 0.1) is 0 Å². The fourth-order valence-electron chi connectivity index (χ4n) is 2.96. The van der Waals surface area contributed by atoms with Crippen LogP contribution in [-0.2, 0) is 9.53 Å². The van der Waals surface area contributed by atoms with Crippen LogP contribution in [0.2, 0.25) is 5.02 Å². The molecule has 0 aromatic heterocycles. The number of methoxy groups -OCH3 is 2. The SMILES string of the molecule is COc1ccc(/C=C/C(=O)Nc2ccc(N3CCOCC3)c(Cl)c2)cc1OC. The molecular formula is C21H23ClN2O4. The zero-order chi connectivity index (χ0) is 19.9. The third-order valence-corrected chi connectivity index (χ3v) is 4.70. The van der Waals surface area contributed by atoms with E-state index < -0.39 is 0 Å². The van der Waals surface area contributed by atoms with E-state index in [2.05, 4.69) is 10.2 Å². The highest BCUT2D eigenvalue weighted by Gasteiger charge is 2.14. The molecule has 6 nitrogen and oxygen atoms in total. The second kappa shape index (κ2) is 9.48. The minimum absolute atomic E-state index is 0.245. The van der Waals surface area contributed by atoms with Crippen LogP contribution in [0.1, 0.15) is 5.56 Å². The second-order valence-corrected chi connectivity index (χ2v) is 6.61. The Hall–Kier alpha value is -2.70. The number of nitrogens with zero attached hydrogens (tertiary/aromatic N) is 1. The Labute approximate surface area is 169 Å². The standard InChI is InChI=1S/C21H23ClN2O4/c1-26-19-7-3-15(13-20(19)27-2)4-8-21(25)23-16-5-6-18(17(22)14-16)24-9-11-28-12-10-24/h3-8,13-14H,9-12H2,1-2H3,(H,23,25)/b8-4+. The Kier molecular flexibility index (Phi) is 6.79. The van der Waals surface area contributed by atoms with Crippen LogP contribution in [0.15, 0.2) is 42.5 Å². The third-order valence-electron chi connectivity index (χ3n) is 4.40. The lowest BCUT2D eigenvalue weighted by Crippen LogP contribution is -2.36. The summed E-state index contributed by atoms with van der Waals surface area (Å²) in [6.45, 7) is 2.99. The van der Waals surface area contributed by atoms with Crippen molar-refractivity contribution in [3.05, 3.63) is 53.1 Å². The summed E-state index contributed by atoms with van der Waals surface area (Å²) in [5, 5.41) is 3.43. The molecular weight excluding hydrogens is 380 g/mol. The van der Waals surface area contributed by atoms with Crippen molar-refractivity contribution in [3.8, 4) is 11.5 Å². The summed E-state index contributed by atoms with van der Waals surface area (Å²) in [5.41, 5.74) is 2.42. The van der Waals surface area contributed by atoms with Crippen molar-refractivity contribution in [3.63, 3.8) is 0 Å². The van der Waals surface area contributed by atoms with Gasteiger partial charge in [0.1, 0.15) is 0 Å². The predicted octanol–water partition coefficient (Wildman–Crippen LogP) is 3.85. The van der Waals surface area contributed by atoms with Gasteiger partial charge in [0.2, 0.25) is 5.91 Å². The molecule has 1 amide bonds. The molecule has 0 bridgehead atoms. The first kappa shape index (κ1) is 20.0. The molecule has 2 aromatic carbocycles. The molecule has 28 heavy (non-hydrogen) atoms. The molecule has 0 unspecified atom stereocenters. The molecule has 7 heteroatoms. The topological polar surface area (TPSA) is 60.0 Å². The number of hydrogen-bond acceptors (Lipinski definition) is 5. The van der Waals surface area contributed by atoms with Crippen LogP contribution in [0.5, 0.6) is 11.5 Å². The number of amides is 1. The average Bonchev–Trinajstić information content (AvgIpc) is 2.72. The molecule has 0 atom stereocenters. The molecule has 1 N–H and O–H groups in total. The van der Waals surface area contributed by atoms with Crippen molar-refractivity contribution in [1.29, 1.82) is 0 Å². The minimum atomic E-state index is -0.245. The summed E-state index contributed by atoms with van der Waals surface area (Å²) < 4.78 is 15.8. The highest BCUT2D eigenvalue weighted by atomic mass is 35.5. The normalized spacial score (nSPS) is 14.2. The van der Waals surface area contributed by atoms with Gasteiger partial charge in [0, 0.05) is 24.9 Å². The number of anilines is 2. The van der Waals surface area contributed by atoms with Crippen LogP contribution < -0.4 is 19.7 Å². The highest BCUT2D eigenvalue weighted by Crippen LogP contribution is 2.30. The first-order valence-corrected chi connectivity index (χ1v) is 9.32. The maximum atomic E-state index is 12.2. The molecule has 3 rings (SSSR count). The van der Waals surface area contributed by atoms with E-state index in [1.165, 1.54) is 6.08 Å². The number of ether oxygens (including phenoxy) is 3. The third kappa shape index (κ3) is 4.97. The van der Waals surface area contributed by atoms with Gasteiger partial charge in [-0.2, -0.15) is 0 Å². The molecule has 1 heterocycles. The zero-order valence-corrected chi connectivity index (χ0v) is 16.7. The maximum absolute atomic E-state index is 12.2. The van der Waals surface area contributed by atoms with Gasteiger partial charge in [0.25, 0.3) is 0 Å². The number of carbonyl (C=O) groups excluding carboxylic acids is 1. The van der Waals surface area contributed by atoms with Gasteiger partial charge in [-0.05, 0) is 42.0 Å². The fourth-order valence-corrected chi connectivity index (χ4v) is 3.26.